The maximum absolute atomic E-state index is 11.2. The number of carbonyl (C=O) groups excluding carboxylic acids is 1. The number of nitriles is 1. The zero-order valence-corrected chi connectivity index (χ0v) is 14.1. The molecule has 1 atom stereocenters. The first-order chi connectivity index (χ1) is 10.7. The minimum absolute atomic E-state index is 0.0854. The van der Waals surface area contributed by atoms with Crippen LogP contribution in [0.15, 0.2) is 24.3 Å². The highest BCUT2D eigenvalue weighted by Crippen LogP contribution is 2.17. The van der Waals surface area contributed by atoms with E-state index in [9.17, 15) is 9.90 Å². The highest BCUT2D eigenvalue weighted by atomic mass is 16.3. The second kappa shape index (κ2) is 13.0. The van der Waals surface area contributed by atoms with Crippen LogP contribution in [0.4, 0.5) is 0 Å². The number of hydrogen-bond acceptors (Lipinski definition) is 3. The van der Waals surface area contributed by atoms with E-state index in [1.54, 1.807) is 6.92 Å². The molecular formula is C19H29NO2. The Balaban J connectivity index is 0.00000211. The van der Waals surface area contributed by atoms with Crippen molar-refractivity contribution in [3.8, 4) is 6.07 Å². The fraction of sp³-hybridized carbons (Fsp3) is 0.579. The van der Waals surface area contributed by atoms with E-state index < -0.39 is 0 Å². The minimum atomic E-state index is 0.0854. The van der Waals surface area contributed by atoms with Crippen molar-refractivity contribution in [3.05, 3.63) is 35.4 Å². The van der Waals surface area contributed by atoms with Crippen LogP contribution in [0.5, 0.6) is 0 Å². The van der Waals surface area contributed by atoms with Crippen molar-refractivity contribution in [1.29, 1.82) is 5.26 Å². The molecule has 22 heavy (non-hydrogen) atoms. The molecule has 3 nitrogen and oxygen atoms in total. The molecule has 0 spiro atoms. The van der Waals surface area contributed by atoms with E-state index in [-0.39, 0.29) is 12.4 Å². The number of unbranched alkanes of at least 4 members (excludes halogenated alkanes) is 2. The van der Waals surface area contributed by atoms with Crippen molar-refractivity contribution in [2.75, 3.05) is 6.61 Å². The molecule has 0 fully saturated rings. The number of carbonyl (C=O) groups is 1. The molecule has 1 N–H and O–H groups in total. The molecule has 0 aliphatic heterocycles. The van der Waals surface area contributed by atoms with Crippen molar-refractivity contribution in [2.45, 2.75) is 59.3 Å². The number of aryl methyl sites for hydroxylation is 1. The molecule has 0 aromatic heterocycles. The normalized spacial score (nSPS) is 11.0. The summed E-state index contributed by atoms with van der Waals surface area (Å²) in [6.45, 7) is 5.77. The van der Waals surface area contributed by atoms with Gasteiger partial charge in [-0.1, -0.05) is 44.5 Å². The monoisotopic (exact) mass is 303 g/mol. The van der Waals surface area contributed by atoms with Crippen molar-refractivity contribution in [3.63, 3.8) is 0 Å². The van der Waals surface area contributed by atoms with Gasteiger partial charge in [0.05, 0.1) is 6.07 Å². The molecule has 3 heteroatoms. The van der Waals surface area contributed by atoms with Gasteiger partial charge in [-0.2, -0.15) is 5.26 Å². The van der Waals surface area contributed by atoms with Crippen LogP contribution >= 0.6 is 0 Å². The first-order valence-corrected chi connectivity index (χ1v) is 8.25. The summed E-state index contributed by atoms with van der Waals surface area (Å²) < 4.78 is 0. The average Bonchev–Trinajstić information content (AvgIpc) is 2.56. The molecule has 122 valence electrons. The molecule has 0 saturated carbocycles. The molecule has 1 unspecified atom stereocenters. The number of aliphatic hydroxyl groups excluding tert-OH is 1. The van der Waals surface area contributed by atoms with Crippen LogP contribution < -0.4 is 0 Å². The number of nitrogens with zero attached hydrogens (tertiary/aromatic N) is 1. The quantitative estimate of drug-likeness (QED) is 0.538. The Hall–Kier alpha value is -1.66. The fourth-order valence-electron chi connectivity index (χ4n) is 2.24. The van der Waals surface area contributed by atoms with Crippen LogP contribution in [-0.2, 0) is 6.42 Å². The van der Waals surface area contributed by atoms with E-state index in [2.05, 4.69) is 6.07 Å². The van der Waals surface area contributed by atoms with Gasteiger partial charge in [0.1, 0.15) is 0 Å². The van der Waals surface area contributed by atoms with Gasteiger partial charge in [-0.25, -0.2) is 0 Å². The number of rotatable bonds is 9. The third kappa shape index (κ3) is 8.59. The largest absolute Gasteiger partial charge is 0.396 e. The number of benzene rings is 1. The van der Waals surface area contributed by atoms with Crippen LogP contribution in [0.25, 0.3) is 0 Å². The Morgan fingerprint density at radius 3 is 2.32 bits per heavy atom. The molecule has 0 aliphatic carbocycles. The van der Waals surface area contributed by atoms with Crippen molar-refractivity contribution < 1.29 is 9.90 Å². The smallest absolute Gasteiger partial charge is 0.159 e. The van der Waals surface area contributed by atoms with E-state index in [1.165, 1.54) is 5.56 Å². The molecule has 1 aromatic rings. The molecule has 1 aromatic carbocycles. The van der Waals surface area contributed by atoms with Crippen LogP contribution in [0, 0.1) is 17.2 Å². The highest BCUT2D eigenvalue weighted by Gasteiger charge is 2.08. The van der Waals surface area contributed by atoms with Gasteiger partial charge >= 0.3 is 0 Å². The maximum Gasteiger partial charge on any atom is 0.159 e. The van der Waals surface area contributed by atoms with Gasteiger partial charge in [-0.05, 0) is 44.1 Å². The van der Waals surface area contributed by atoms with Crippen molar-refractivity contribution in [2.24, 2.45) is 5.92 Å². The zero-order valence-electron chi connectivity index (χ0n) is 14.1. The SMILES string of the molecule is CC.CC(=O)c1ccc(CCC(CO)CCCCC#N)cc1. The standard InChI is InChI=1S/C17H23NO2.C2H6/c1-14(20)17-10-8-15(9-11-17)6-7-16(13-19)5-3-2-4-12-18;1-2/h8-11,16,19H,2-7,13H2,1H3;1-2H3. The lowest BCUT2D eigenvalue weighted by atomic mass is 9.94. The van der Waals surface area contributed by atoms with Crippen LogP contribution in [-0.4, -0.2) is 17.5 Å². The lowest BCUT2D eigenvalue weighted by Crippen LogP contribution is -2.07. The Labute approximate surface area is 135 Å². The van der Waals surface area contributed by atoms with E-state index in [1.807, 2.05) is 38.1 Å². The number of hydrogen-bond donors (Lipinski definition) is 1. The molecule has 0 bridgehead atoms. The van der Waals surface area contributed by atoms with Gasteiger partial charge in [0, 0.05) is 18.6 Å². The summed E-state index contributed by atoms with van der Waals surface area (Å²) in [7, 11) is 0. The van der Waals surface area contributed by atoms with Crippen LogP contribution in [0.1, 0.15) is 68.8 Å². The summed E-state index contributed by atoms with van der Waals surface area (Å²) in [5.41, 5.74) is 1.94. The van der Waals surface area contributed by atoms with E-state index in [4.69, 9.17) is 5.26 Å². The second-order valence-electron chi connectivity index (χ2n) is 5.24. The third-order valence-corrected chi connectivity index (χ3v) is 3.61. The summed E-state index contributed by atoms with van der Waals surface area (Å²) in [6, 6.07) is 9.83. The number of ketones is 1. The first-order valence-electron chi connectivity index (χ1n) is 8.25. The summed E-state index contributed by atoms with van der Waals surface area (Å²) in [6.07, 6.45) is 5.36. The second-order valence-corrected chi connectivity index (χ2v) is 5.24. The predicted molar refractivity (Wildman–Crippen MR) is 90.8 cm³/mol. The Kier molecular flexibility index (Phi) is 12.1. The molecule has 1 rings (SSSR count). The minimum Gasteiger partial charge on any atom is -0.396 e. The lowest BCUT2D eigenvalue weighted by molar-refractivity contribution is 0.101. The zero-order chi connectivity index (χ0) is 16.8. The topological polar surface area (TPSA) is 61.1 Å². The van der Waals surface area contributed by atoms with Gasteiger partial charge in [-0.15, -0.1) is 0 Å². The Bertz CT molecular complexity index is 445. The third-order valence-electron chi connectivity index (χ3n) is 3.61. The Morgan fingerprint density at radius 1 is 1.18 bits per heavy atom. The van der Waals surface area contributed by atoms with Crippen LogP contribution in [0.2, 0.25) is 0 Å². The summed E-state index contributed by atoms with van der Waals surface area (Å²) in [5, 5.41) is 17.8. The van der Waals surface area contributed by atoms with Gasteiger partial charge in [0.25, 0.3) is 0 Å². The van der Waals surface area contributed by atoms with Gasteiger partial charge < -0.3 is 5.11 Å². The van der Waals surface area contributed by atoms with E-state index >= 15 is 0 Å². The molecule has 0 amide bonds. The number of Topliss-reactive ketones (excluding diaryl/α,β-unsaturated/α-hetero) is 1. The molecule has 0 radical (unpaired) electrons. The average molecular weight is 303 g/mol. The maximum atomic E-state index is 11.2. The molecule has 0 saturated heterocycles. The fourth-order valence-corrected chi connectivity index (χ4v) is 2.24. The summed E-state index contributed by atoms with van der Waals surface area (Å²) in [5.74, 6) is 0.392. The van der Waals surface area contributed by atoms with E-state index in [0.717, 1.165) is 37.7 Å². The molecule has 0 aliphatic rings. The van der Waals surface area contributed by atoms with Gasteiger partial charge in [-0.3, -0.25) is 4.79 Å². The predicted octanol–water partition coefficient (Wildman–Crippen LogP) is 4.54. The van der Waals surface area contributed by atoms with Gasteiger partial charge in [0.2, 0.25) is 0 Å². The molecule has 0 heterocycles. The van der Waals surface area contributed by atoms with Crippen molar-refractivity contribution >= 4 is 5.78 Å². The summed E-state index contributed by atoms with van der Waals surface area (Å²) in [4.78, 5) is 11.2. The Morgan fingerprint density at radius 2 is 1.82 bits per heavy atom. The van der Waals surface area contributed by atoms with Crippen LogP contribution in [0.3, 0.4) is 0 Å². The summed E-state index contributed by atoms with van der Waals surface area (Å²) >= 11 is 0. The van der Waals surface area contributed by atoms with E-state index in [0.29, 0.717) is 12.3 Å². The first kappa shape index (κ1) is 20.3. The highest BCUT2D eigenvalue weighted by molar-refractivity contribution is 5.93. The lowest BCUT2D eigenvalue weighted by Gasteiger charge is -2.13. The van der Waals surface area contributed by atoms with Crippen molar-refractivity contribution in [1.82, 2.24) is 0 Å². The number of aliphatic hydroxyl groups is 1. The molecular weight excluding hydrogens is 274 g/mol. The van der Waals surface area contributed by atoms with Gasteiger partial charge in [0.15, 0.2) is 5.78 Å².